The molecule has 0 saturated heterocycles. The van der Waals surface area contributed by atoms with E-state index >= 15 is 0 Å². The molecule has 1 atom stereocenters. The van der Waals surface area contributed by atoms with E-state index in [0.29, 0.717) is 6.04 Å². The van der Waals surface area contributed by atoms with Crippen molar-refractivity contribution < 1.29 is 0 Å². The lowest BCUT2D eigenvalue weighted by Crippen LogP contribution is -2.45. The zero-order chi connectivity index (χ0) is 11.7. The van der Waals surface area contributed by atoms with Crippen LogP contribution in [0.4, 0.5) is 0 Å². The van der Waals surface area contributed by atoms with Crippen LogP contribution >= 0.6 is 0 Å². The summed E-state index contributed by atoms with van der Waals surface area (Å²) in [5.74, 6) is 0.770. The summed E-state index contributed by atoms with van der Waals surface area (Å²) in [6, 6.07) is 0.594. The average molecular weight is 214 g/mol. The molecule has 2 heteroatoms. The molecule has 0 aliphatic carbocycles. The van der Waals surface area contributed by atoms with E-state index < -0.39 is 0 Å². The lowest BCUT2D eigenvalue weighted by molar-refractivity contribution is 0.144. The minimum Gasteiger partial charge on any atom is -0.329 e. The van der Waals surface area contributed by atoms with Gasteiger partial charge in [-0.2, -0.15) is 0 Å². The summed E-state index contributed by atoms with van der Waals surface area (Å²) >= 11 is 0. The Morgan fingerprint density at radius 2 is 1.67 bits per heavy atom. The van der Waals surface area contributed by atoms with Gasteiger partial charge < -0.3 is 5.73 Å². The molecule has 0 aromatic rings. The van der Waals surface area contributed by atoms with Gasteiger partial charge in [-0.05, 0) is 25.4 Å². The van der Waals surface area contributed by atoms with Crippen molar-refractivity contribution in [3.8, 4) is 0 Å². The maximum Gasteiger partial charge on any atom is 0.0246 e. The van der Waals surface area contributed by atoms with Crippen molar-refractivity contribution in [1.82, 2.24) is 4.90 Å². The second-order valence-corrected chi connectivity index (χ2v) is 4.36. The van der Waals surface area contributed by atoms with Crippen LogP contribution in [-0.4, -0.2) is 30.6 Å². The van der Waals surface area contributed by atoms with Gasteiger partial charge in [0.1, 0.15) is 0 Å². The van der Waals surface area contributed by atoms with E-state index in [2.05, 4.69) is 32.6 Å². The van der Waals surface area contributed by atoms with Crippen LogP contribution in [0.2, 0.25) is 0 Å². The normalized spacial score (nSPS) is 13.8. The summed E-state index contributed by atoms with van der Waals surface area (Å²) in [7, 11) is 0. The summed E-state index contributed by atoms with van der Waals surface area (Å²) in [6.07, 6.45) is 5.07. The SMILES string of the molecule is CCCCN(CC)C(CN)C(CC)CC. The van der Waals surface area contributed by atoms with Gasteiger partial charge in [-0.25, -0.2) is 0 Å². The molecular weight excluding hydrogens is 184 g/mol. The number of nitrogens with zero attached hydrogens (tertiary/aromatic N) is 1. The molecule has 0 spiro atoms. The highest BCUT2D eigenvalue weighted by molar-refractivity contribution is 4.78. The van der Waals surface area contributed by atoms with Crippen molar-refractivity contribution in [2.75, 3.05) is 19.6 Å². The molecule has 0 aromatic carbocycles. The molecule has 15 heavy (non-hydrogen) atoms. The van der Waals surface area contributed by atoms with E-state index in [1.54, 1.807) is 0 Å². The fourth-order valence-corrected chi connectivity index (χ4v) is 2.39. The molecule has 0 aromatic heterocycles. The van der Waals surface area contributed by atoms with Gasteiger partial charge in [-0.15, -0.1) is 0 Å². The number of nitrogens with two attached hydrogens (primary N) is 1. The highest BCUT2D eigenvalue weighted by Gasteiger charge is 2.22. The lowest BCUT2D eigenvalue weighted by atomic mass is 9.92. The minimum absolute atomic E-state index is 0.594. The largest absolute Gasteiger partial charge is 0.329 e. The molecule has 2 nitrogen and oxygen atoms in total. The number of rotatable bonds is 9. The third-order valence-corrected chi connectivity index (χ3v) is 3.51. The second kappa shape index (κ2) is 9.17. The van der Waals surface area contributed by atoms with Gasteiger partial charge in [0.2, 0.25) is 0 Å². The molecule has 0 aliphatic rings. The quantitative estimate of drug-likeness (QED) is 0.639. The van der Waals surface area contributed by atoms with Crippen LogP contribution in [0.15, 0.2) is 0 Å². The van der Waals surface area contributed by atoms with Crippen LogP contribution in [0.3, 0.4) is 0 Å². The monoisotopic (exact) mass is 214 g/mol. The Kier molecular flexibility index (Phi) is 9.12. The lowest BCUT2D eigenvalue weighted by Gasteiger charge is -2.35. The van der Waals surface area contributed by atoms with Crippen LogP contribution in [-0.2, 0) is 0 Å². The molecule has 0 rings (SSSR count). The van der Waals surface area contributed by atoms with Crippen LogP contribution in [0, 0.1) is 5.92 Å². The number of unbranched alkanes of at least 4 members (excludes halogenated alkanes) is 1. The molecule has 92 valence electrons. The van der Waals surface area contributed by atoms with Gasteiger partial charge in [-0.1, -0.05) is 47.0 Å². The standard InChI is InChI=1S/C13H30N2/c1-5-9-10-15(8-4)13(11-14)12(6-2)7-3/h12-13H,5-11,14H2,1-4H3. The molecule has 0 bridgehead atoms. The maximum absolute atomic E-state index is 5.93. The van der Waals surface area contributed by atoms with Crippen molar-refractivity contribution in [3.05, 3.63) is 0 Å². The Hall–Kier alpha value is -0.0800. The number of hydrogen-bond acceptors (Lipinski definition) is 2. The van der Waals surface area contributed by atoms with E-state index in [1.807, 2.05) is 0 Å². The first kappa shape index (κ1) is 14.9. The average Bonchev–Trinajstić information content (AvgIpc) is 2.28. The first-order valence-corrected chi connectivity index (χ1v) is 6.69. The molecule has 0 amide bonds. The zero-order valence-electron chi connectivity index (χ0n) is 11.1. The molecule has 0 fully saturated rings. The third kappa shape index (κ3) is 4.98. The molecule has 0 aliphatic heterocycles. The predicted molar refractivity (Wildman–Crippen MR) is 69.1 cm³/mol. The van der Waals surface area contributed by atoms with Gasteiger partial charge in [-0.3, -0.25) is 4.90 Å². The summed E-state index contributed by atoms with van der Waals surface area (Å²) in [5.41, 5.74) is 5.93. The van der Waals surface area contributed by atoms with Crippen molar-refractivity contribution in [2.24, 2.45) is 11.7 Å². The summed E-state index contributed by atoms with van der Waals surface area (Å²) in [6.45, 7) is 12.2. The molecular formula is C13H30N2. The Bertz CT molecular complexity index is 132. The highest BCUT2D eigenvalue weighted by Crippen LogP contribution is 2.18. The third-order valence-electron chi connectivity index (χ3n) is 3.51. The Morgan fingerprint density at radius 1 is 1.07 bits per heavy atom. The second-order valence-electron chi connectivity index (χ2n) is 4.36. The van der Waals surface area contributed by atoms with Gasteiger partial charge in [0.15, 0.2) is 0 Å². The molecule has 2 N–H and O–H groups in total. The van der Waals surface area contributed by atoms with Crippen molar-refractivity contribution in [2.45, 2.75) is 59.4 Å². The van der Waals surface area contributed by atoms with Gasteiger partial charge in [0, 0.05) is 12.6 Å². The molecule has 0 heterocycles. The smallest absolute Gasteiger partial charge is 0.0246 e. The zero-order valence-corrected chi connectivity index (χ0v) is 11.1. The van der Waals surface area contributed by atoms with E-state index in [4.69, 9.17) is 5.73 Å². The van der Waals surface area contributed by atoms with Crippen LogP contribution in [0.1, 0.15) is 53.4 Å². The van der Waals surface area contributed by atoms with Crippen LogP contribution < -0.4 is 5.73 Å². The number of likely N-dealkylation sites (N-methyl/N-ethyl adjacent to an activating group) is 1. The molecule has 0 saturated carbocycles. The van der Waals surface area contributed by atoms with Crippen LogP contribution in [0.25, 0.3) is 0 Å². The van der Waals surface area contributed by atoms with Crippen LogP contribution in [0.5, 0.6) is 0 Å². The van der Waals surface area contributed by atoms with Crippen molar-refractivity contribution in [3.63, 3.8) is 0 Å². The topological polar surface area (TPSA) is 29.3 Å². The fourth-order valence-electron chi connectivity index (χ4n) is 2.39. The fraction of sp³-hybridized carbons (Fsp3) is 1.00. The Labute approximate surface area is 96.2 Å². The summed E-state index contributed by atoms with van der Waals surface area (Å²) in [5, 5.41) is 0. The Morgan fingerprint density at radius 3 is 2.00 bits per heavy atom. The number of hydrogen-bond donors (Lipinski definition) is 1. The van der Waals surface area contributed by atoms with E-state index in [-0.39, 0.29) is 0 Å². The Balaban J connectivity index is 4.29. The molecule has 1 unspecified atom stereocenters. The first-order valence-electron chi connectivity index (χ1n) is 6.69. The maximum atomic E-state index is 5.93. The van der Waals surface area contributed by atoms with Gasteiger partial charge >= 0.3 is 0 Å². The van der Waals surface area contributed by atoms with E-state index in [1.165, 1.54) is 32.2 Å². The summed E-state index contributed by atoms with van der Waals surface area (Å²) < 4.78 is 0. The minimum atomic E-state index is 0.594. The highest BCUT2D eigenvalue weighted by atomic mass is 15.2. The molecule has 0 radical (unpaired) electrons. The van der Waals surface area contributed by atoms with E-state index in [0.717, 1.165) is 19.0 Å². The predicted octanol–water partition coefficient (Wildman–Crippen LogP) is 2.87. The van der Waals surface area contributed by atoms with E-state index in [9.17, 15) is 0 Å². The van der Waals surface area contributed by atoms with Gasteiger partial charge in [0.25, 0.3) is 0 Å². The van der Waals surface area contributed by atoms with Gasteiger partial charge in [0.05, 0.1) is 0 Å². The summed E-state index contributed by atoms with van der Waals surface area (Å²) in [4.78, 5) is 2.57. The van der Waals surface area contributed by atoms with Crippen molar-refractivity contribution in [1.29, 1.82) is 0 Å². The first-order chi connectivity index (χ1) is 7.24. The van der Waals surface area contributed by atoms with Crippen molar-refractivity contribution >= 4 is 0 Å².